The lowest BCUT2D eigenvalue weighted by Crippen LogP contribution is -2.43. The van der Waals surface area contributed by atoms with Crippen LogP contribution in [0.2, 0.25) is 0 Å². The maximum absolute atomic E-state index is 16.7. The van der Waals surface area contributed by atoms with Crippen molar-refractivity contribution in [2.45, 2.75) is 43.8 Å². The van der Waals surface area contributed by atoms with Crippen LogP contribution in [0.25, 0.3) is 32.9 Å². The highest BCUT2D eigenvalue weighted by atomic mass is 19.1. The van der Waals surface area contributed by atoms with Gasteiger partial charge in [0.05, 0.1) is 23.1 Å². The Morgan fingerprint density at radius 1 is 1.16 bits per heavy atom. The molecule has 0 radical (unpaired) electrons. The molecule has 8 nitrogen and oxygen atoms in total. The zero-order chi connectivity index (χ0) is 30.9. The summed E-state index contributed by atoms with van der Waals surface area (Å²) in [5.41, 5.74) is -0.293. The number of aromatic nitrogens is 3. The summed E-state index contributed by atoms with van der Waals surface area (Å²) in [5.74, 6) is 1.25. The van der Waals surface area contributed by atoms with Crippen molar-refractivity contribution in [1.29, 1.82) is 0 Å². The van der Waals surface area contributed by atoms with Crippen molar-refractivity contribution in [3.63, 3.8) is 0 Å². The third-order valence-corrected chi connectivity index (χ3v) is 9.96. The van der Waals surface area contributed by atoms with Crippen molar-refractivity contribution in [3.05, 3.63) is 47.7 Å². The Bertz CT molecular complexity index is 1890. The standard InChI is InChI=1S/C34H32F3N5O3/c1-2-23-26(36)5-4-20-12-22(43)13-24(27(20)23)29-28(37)30-25(15-38-29)31(41-8-3-10-44-11-9-41)40-32(39-30)45-19-34-14-21(35)16-42(34)18-33(17-34)6-7-33/h1,4-5,12-13,15,21,43H,3,6-11,14,16-19H2. The van der Waals surface area contributed by atoms with E-state index in [1.54, 1.807) is 0 Å². The van der Waals surface area contributed by atoms with Gasteiger partial charge in [-0.1, -0.05) is 12.0 Å². The van der Waals surface area contributed by atoms with Crippen LogP contribution in [0.1, 0.15) is 37.7 Å². The maximum atomic E-state index is 16.7. The van der Waals surface area contributed by atoms with E-state index in [1.807, 2.05) is 4.90 Å². The molecule has 0 amide bonds. The molecule has 11 heteroatoms. The molecule has 1 spiro atoms. The van der Waals surface area contributed by atoms with Crippen molar-refractivity contribution in [1.82, 2.24) is 19.9 Å². The van der Waals surface area contributed by atoms with Crippen LogP contribution in [0.3, 0.4) is 0 Å². The zero-order valence-corrected chi connectivity index (χ0v) is 24.7. The Labute approximate surface area is 258 Å². The third-order valence-electron chi connectivity index (χ3n) is 9.96. The number of phenols is 1. The normalized spacial score (nSPS) is 24.2. The number of phenolic OH excluding ortho intramolecular Hbond substituents is 1. The molecule has 2 unspecified atom stereocenters. The van der Waals surface area contributed by atoms with E-state index in [1.165, 1.54) is 30.5 Å². The minimum atomic E-state index is -0.921. The molecule has 8 rings (SSSR count). The molecule has 2 atom stereocenters. The number of pyridine rings is 1. The van der Waals surface area contributed by atoms with Crippen LogP contribution >= 0.6 is 0 Å². The van der Waals surface area contributed by atoms with Gasteiger partial charge in [0.25, 0.3) is 0 Å². The molecule has 2 aromatic carbocycles. The summed E-state index contributed by atoms with van der Waals surface area (Å²) in [6, 6.07) is 5.44. The number of alkyl halides is 1. The van der Waals surface area contributed by atoms with E-state index >= 15 is 4.39 Å². The number of halogens is 3. The van der Waals surface area contributed by atoms with Gasteiger partial charge in [0.15, 0.2) is 5.82 Å². The van der Waals surface area contributed by atoms with E-state index in [0.717, 1.165) is 32.2 Å². The number of aromatic hydroxyl groups is 1. The lowest BCUT2D eigenvalue weighted by molar-refractivity contribution is 0.107. The molecule has 0 bridgehead atoms. The summed E-state index contributed by atoms with van der Waals surface area (Å²) in [5, 5.41) is 11.6. The number of nitrogens with zero attached hydrogens (tertiary/aromatic N) is 5. The smallest absolute Gasteiger partial charge is 0.319 e. The van der Waals surface area contributed by atoms with Crippen LogP contribution in [0.15, 0.2) is 30.5 Å². The summed E-state index contributed by atoms with van der Waals surface area (Å²) >= 11 is 0. The summed E-state index contributed by atoms with van der Waals surface area (Å²) in [6.45, 7) is 3.69. The van der Waals surface area contributed by atoms with E-state index in [-0.39, 0.29) is 51.5 Å². The molecular formula is C34H32F3N5O3. The highest BCUT2D eigenvalue weighted by molar-refractivity contribution is 6.03. The Kier molecular flexibility index (Phi) is 6.59. The van der Waals surface area contributed by atoms with Crippen molar-refractivity contribution < 1.29 is 27.8 Å². The van der Waals surface area contributed by atoms with Crippen molar-refractivity contribution in [2.24, 2.45) is 5.41 Å². The number of benzene rings is 2. The molecule has 2 aromatic heterocycles. The van der Waals surface area contributed by atoms with Gasteiger partial charge in [-0.3, -0.25) is 9.88 Å². The molecule has 3 saturated heterocycles. The van der Waals surface area contributed by atoms with E-state index in [9.17, 15) is 13.9 Å². The quantitative estimate of drug-likeness (QED) is 0.300. The highest BCUT2D eigenvalue weighted by Crippen LogP contribution is 2.60. The number of hydrogen-bond acceptors (Lipinski definition) is 8. The van der Waals surface area contributed by atoms with Crippen LogP contribution < -0.4 is 9.64 Å². The Morgan fingerprint density at radius 3 is 2.84 bits per heavy atom. The Balaban J connectivity index is 1.26. The number of hydrogen-bond donors (Lipinski definition) is 1. The van der Waals surface area contributed by atoms with Gasteiger partial charge >= 0.3 is 6.01 Å². The van der Waals surface area contributed by atoms with E-state index in [0.29, 0.717) is 55.9 Å². The van der Waals surface area contributed by atoms with E-state index in [2.05, 4.69) is 20.8 Å². The van der Waals surface area contributed by atoms with Gasteiger partial charge in [0.1, 0.15) is 41.4 Å². The monoisotopic (exact) mass is 615 g/mol. The number of rotatable bonds is 5. The van der Waals surface area contributed by atoms with Crippen LogP contribution in [-0.2, 0) is 4.74 Å². The minimum Gasteiger partial charge on any atom is -0.508 e. The van der Waals surface area contributed by atoms with Gasteiger partial charge in [0.2, 0.25) is 0 Å². The van der Waals surface area contributed by atoms with Gasteiger partial charge in [-0.2, -0.15) is 9.97 Å². The summed E-state index contributed by atoms with van der Waals surface area (Å²) < 4.78 is 58.1. The van der Waals surface area contributed by atoms with Crippen LogP contribution in [0.5, 0.6) is 11.8 Å². The Morgan fingerprint density at radius 2 is 2.02 bits per heavy atom. The summed E-state index contributed by atoms with van der Waals surface area (Å²) in [7, 11) is 0. The average molecular weight is 616 g/mol. The number of terminal acetylenes is 1. The van der Waals surface area contributed by atoms with Gasteiger partial charge in [-0.05, 0) is 54.7 Å². The molecule has 1 N–H and O–H groups in total. The molecule has 4 aliphatic rings. The molecule has 4 fully saturated rings. The first-order valence-electron chi connectivity index (χ1n) is 15.4. The molecule has 1 saturated carbocycles. The zero-order valence-electron chi connectivity index (χ0n) is 24.7. The largest absolute Gasteiger partial charge is 0.508 e. The number of ether oxygens (including phenoxy) is 2. The van der Waals surface area contributed by atoms with Crippen LogP contribution in [-0.4, -0.2) is 82.7 Å². The molecule has 5 heterocycles. The summed E-state index contributed by atoms with van der Waals surface area (Å²) in [6.07, 6.45) is 10.5. The number of anilines is 1. The minimum absolute atomic E-state index is 0.0109. The first-order valence-corrected chi connectivity index (χ1v) is 15.4. The first-order chi connectivity index (χ1) is 21.8. The Hall–Kier alpha value is -4.14. The first kappa shape index (κ1) is 28.3. The van der Waals surface area contributed by atoms with Crippen LogP contribution in [0, 0.1) is 29.4 Å². The molecule has 232 valence electrons. The van der Waals surface area contributed by atoms with Gasteiger partial charge < -0.3 is 19.5 Å². The topological polar surface area (TPSA) is 83.8 Å². The van der Waals surface area contributed by atoms with Crippen molar-refractivity contribution in [2.75, 3.05) is 50.9 Å². The molecule has 45 heavy (non-hydrogen) atoms. The van der Waals surface area contributed by atoms with Crippen molar-refractivity contribution >= 4 is 27.5 Å². The molecule has 1 aliphatic carbocycles. The third kappa shape index (κ3) is 4.73. The van der Waals surface area contributed by atoms with Gasteiger partial charge in [0, 0.05) is 56.4 Å². The van der Waals surface area contributed by atoms with Gasteiger partial charge in [-0.25, -0.2) is 13.2 Å². The second-order valence-electron chi connectivity index (χ2n) is 13.0. The van der Waals surface area contributed by atoms with E-state index < -0.39 is 23.3 Å². The molecule has 3 aliphatic heterocycles. The van der Waals surface area contributed by atoms with Gasteiger partial charge in [-0.15, -0.1) is 6.42 Å². The fraction of sp³-hybridized carbons (Fsp3) is 0.441. The lowest BCUT2D eigenvalue weighted by Gasteiger charge is -2.31. The molecular weight excluding hydrogens is 583 g/mol. The average Bonchev–Trinajstić information content (AvgIpc) is 3.70. The second kappa shape index (κ2) is 10.5. The van der Waals surface area contributed by atoms with E-state index in [4.69, 9.17) is 20.9 Å². The number of fused-ring (bicyclic) bond motifs is 3. The SMILES string of the molecule is C#Cc1c(F)ccc2cc(O)cc(-c3ncc4c(N5CCCOCC5)nc(OCC56CC(F)CN5CC5(CC5)C6)nc4c3F)c12. The van der Waals surface area contributed by atoms with Crippen molar-refractivity contribution in [3.8, 4) is 35.4 Å². The maximum Gasteiger partial charge on any atom is 0.319 e. The van der Waals surface area contributed by atoms with Crippen LogP contribution in [0.4, 0.5) is 19.0 Å². The predicted octanol–water partition coefficient (Wildman–Crippen LogP) is 5.38. The predicted molar refractivity (Wildman–Crippen MR) is 163 cm³/mol. The fourth-order valence-corrected chi connectivity index (χ4v) is 7.75. The highest BCUT2D eigenvalue weighted by Gasteiger charge is 2.62. The summed E-state index contributed by atoms with van der Waals surface area (Å²) in [4.78, 5) is 18.0. The second-order valence-corrected chi connectivity index (χ2v) is 13.0. The fourth-order valence-electron chi connectivity index (χ4n) is 7.75. The lowest BCUT2D eigenvalue weighted by atomic mass is 9.89. The molecule has 4 aromatic rings.